The van der Waals surface area contributed by atoms with Gasteiger partial charge in [-0.05, 0) is 74.5 Å². The summed E-state index contributed by atoms with van der Waals surface area (Å²) in [5, 5.41) is 7.99. The van der Waals surface area contributed by atoms with Crippen molar-refractivity contribution in [2.75, 3.05) is 52.9 Å². The van der Waals surface area contributed by atoms with Crippen molar-refractivity contribution in [2.24, 2.45) is 0 Å². The fourth-order valence-electron chi connectivity index (χ4n) is 4.47. The lowest BCUT2D eigenvalue weighted by Gasteiger charge is -2.15. The van der Waals surface area contributed by atoms with E-state index in [1.807, 2.05) is 54.6 Å². The van der Waals surface area contributed by atoms with Crippen LogP contribution in [0, 0.1) is 0 Å². The molecule has 3 heterocycles. The molecule has 0 aliphatic carbocycles. The van der Waals surface area contributed by atoms with Gasteiger partial charge in [-0.1, -0.05) is 6.07 Å². The number of benzene rings is 2. The van der Waals surface area contributed by atoms with E-state index in [0.29, 0.717) is 35.5 Å². The van der Waals surface area contributed by atoms with Crippen molar-refractivity contribution in [2.45, 2.75) is 12.8 Å². The number of anilines is 2. The standard InChI is InChI=1S/C27H31N5O4/c1-33-23-17-19(18-24(34-2)26(23)35-3)22-7-6-8-25-29-27(30-32(22)25)28-20-9-11-21(12-10-20)36-16-15-31-13-4-5-14-31/h6-12,17-18H,4-5,13-16H2,1-3H3,(H,28,30). The van der Waals surface area contributed by atoms with Crippen molar-refractivity contribution in [3.05, 3.63) is 54.6 Å². The van der Waals surface area contributed by atoms with Crippen molar-refractivity contribution < 1.29 is 18.9 Å². The molecule has 0 unspecified atom stereocenters. The molecule has 9 heteroatoms. The number of aromatic nitrogens is 3. The molecule has 0 saturated carbocycles. The second-order valence-electron chi connectivity index (χ2n) is 8.58. The average molecular weight is 490 g/mol. The number of nitrogens with one attached hydrogen (secondary N) is 1. The summed E-state index contributed by atoms with van der Waals surface area (Å²) >= 11 is 0. The first-order chi connectivity index (χ1) is 17.7. The van der Waals surface area contributed by atoms with Crippen molar-refractivity contribution in [3.63, 3.8) is 0 Å². The maximum atomic E-state index is 5.91. The largest absolute Gasteiger partial charge is 0.493 e. The summed E-state index contributed by atoms with van der Waals surface area (Å²) in [6, 6.07) is 17.5. The van der Waals surface area contributed by atoms with Crippen LogP contribution in [-0.4, -0.2) is 67.1 Å². The molecule has 0 radical (unpaired) electrons. The van der Waals surface area contributed by atoms with E-state index in [1.165, 1.54) is 25.9 Å². The van der Waals surface area contributed by atoms with Crippen molar-refractivity contribution in [3.8, 4) is 34.3 Å². The number of pyridine rings is 1. The second kappa shape index (κ2) is 10.7. The molecule has 1 N–H and O–H groups in total. The molecule has 188 valence electrons. The van der Waals surface area contributed by atoms with Crippen LogP contribution in [0.4, 0.5) is 11.6 Å². The first kappa shape index (κ1) is 23.7. The van der Waals surface area contributed by atoms with Crippen LogP contribution in [0.25, 0.3) is 16.9 Å². The van der Waals surface area contributed by atoms with E-state index in [2.05, 4.69) is 15.2 Å². The summed E-state index contributed by atoms with van der Waals surface area (Å²) in [6.45, 7) is 4.03. The molecule has 0 atom stereocenters. The minimum Gasteiger partial charge on any atom is -0.493 e. The number of fused-ring (bicyclic) bond motifs is 1. The van der Waals surface area contributed by atoms with Gasteiger partial charge in [0.15, 0.2) is 17.1 Å². The summed E-state index contributed by atoms with van der Waals surface area (Å²) < 4.78 is 24.2. The SMILES string of the molecule is COc1cc(-c2cccc3nc(Nc4ccc(OCCN5CCCC5)cc4)nn23)cc(OC)c1OC. The summed E-state index contributed by atoms with van der Waals surface area (Å²) in [4.78, 5) is 7.09. The molecule has 0 bridgehead atoms. The summed E-state index contributed by atoms with van der Waals surface area (Å²) in [6.07, 6.45) is 2.59. The topological polar surface area (TPSA) is 82.4 Å². The Morgan fingerprint density at radius 1 is 0.889 bits per heavy atom. The van der Waals surface area contributed by atoms with Gasteiger partial charge >= 0.3 is 0 Å². The highest BCUT2D eigenvalue weighted by molar-refractivity contribution is 5.71. The highest BCUT2D eigenvalue weighted by Gasteiger charge is 2.17. The molecular formula is C27H31N5O4. The van der Waals surface area contributed by atoms with Crippen LogP contribution < -0.4 is 24.3 Å². The zero-order valence-corrected chi connectivity index (χ0v) is 20.9. The minimum atomic E-state index is 0.498. The van der Waals surface area contributed by atoms with Gasteiger partial charge in [-0.2, -0.15) is 4.98 Å². The lowest BCUT2D eigenvalue weighted by molar-refractivity contribution is 0.238. The molecule has 1 aliphatic rings. The Balaban J connectivity index is 1.33. The molecule has 0 spiro atoms. The van der Waals surface area contributed by atoms with Crippen molar-refractivity contribution in [1.29, 1.82) is 0 Å². The van der Waals surface area contributed by atoms with E-state index in [4.69, 9.17) is 24.0 Å². The third-order valence-electron chi connectivity index (χ3n) is 6.31. The number of likely N-dealkylation sites (tertiary alicyclic amines) is 1. The predicted molar refractivity (Wildman–Crippen MR) is 139 cm³/mol. The molecule has 1 saturated heterocycles. The summed E-state index contributed by atoms with van der Waals surface area (Å²) in [7, 11) is 4.79. The first-order valence-electron chi connectivity index (χ1n) is 12.1. The van der Waals surface area contributed by atoms with Gasteiger partial charge < -0.3 is 24.3 Å². The lowest BCUT2D eigenvalue weighted by Crippen LogP contribution is -2.25. The predicted octanol–water partition coefficient (Wildman–Crippen LogP) is 4.64. The van der Waals surface area contributed by atoms with Gasteiger partial charge in [0.1, 0.15) is 12.4 Å². The molecule has 5 rings (SSSR count). The van der Waals surface area contributed by atoms with Gasteiger partial charge in [0, 0.05) is 17.8 Å². The summed E-state index contributed by atoms with van der Waals surface area (Å²) in [5.41, 5.74) is 3.30. The molecule has 1 fully saturated rings. The van der Waals surface area contributed by atoms with E-state index >= 15 is 0 Å². The maximum absolute atomic E-state index is 5.91. The zero-order chi connectivity index (χ0) is 24.9. The van der Waals surface area contributed by atoms with Crippen LogP contribution in [0.5, 0.6) is 23.0 Å². The van der Waals surface area contributed by atoms with Gasteiger partial charge in [-0.3, -0.25) is 4.90 Å². The van der Waals surface area contributed by atoms with E-state index in [1.54, 1.807) is 25.8 Å². The van der Waals surface area contributed by atoms with Crippen LogP contribution in [-0.2, 0) is 0 Å². The van der Waals surface area contributed by atoms with Gasteiger partial charge in [0.05, 0.1) is 27.0 Å². The average Bonchev–Trinajstić information content (AvgIpc) is 3.58. The Morgan fingerprint density at radius 3 is 2.28 bits per heavy atom. The fourth-order valence-corrected chi connectivity index (χ4v) is 4.47. The van der Waals surface area contributed by atoms with Crippen molar-refractivity contribution >= 4 is 17.3 Å². The normalized spacial score (nSPS) is 13.6. The Hall–Kier alpha value is -3.98. The molecule has 1 aliphatic heterocycles. The van der Waals surface area contributed by atoms with Gasteiger partial charge in [-0.25, -0.2) is 4.52 Å². The molecule has 0 amide bonds. The Labute approximate surface area is 210 Å². The Morgan fingerprint density at radius 2 is 1.61 bits per heavy atom. The Bertz CT molecular complexity index is 1290. The molecule has 2 aromatic heterocycles. The number of nitrogens with zero attached hydrogens (tertiary/aromatic N) is 4. The molecule has 9 nitrogen and oxygen atoms in total. The van der Waals surface area contributed by atoms with Crippen LogP contribution in [0.1, 0.15) is 12.8 Å². The van der Waals surface area contributed by atoms with Crippen LogP contribution >= 0.6 is 0 Å². The molecule has 36 heavy (non-hydrogen) atoms. The highest BCUT2D eigenvalue weighted by atomic mass is 16.5. The Kier molecular flexibility index (Phi) is 7.08. The van der Waals surface area contributed by atoms with Crippen LogP contribution in [0.2, 0.25) is 0 Å². The smallest absolute Gasteiger partial charge is 0.247 e. The van der Waals surface area contributed by atoms with E-state index in [0.717, 1.165) is 29.2 Å². The lowest BCUT2D eigenvalue weighted by atomic mass is 10.1. The fraction of sp³-hybridized carbons (Fsp3) is 0.333. The molecule has 2 aromatic carbocycles. The van der Waals surface area contributed by atoms with E-state index in [9.17, 15) is 0 Å². The minimum absolute atomic E-state index is 0.498. The van der Waals surface area contributed by atoms with E-state index in [-0.39, 0.29) is 0 Å². The highest BCUT2D eigenvalue weighted by Crippen LogP contribution is 2.41. The first-order valence-corrected chi connectivity index (χ1v) is 12.1. The van der Waals surface area contributed by atoms with Gasteiger partial charge in [-0.15, -0.1) is 5.10 Å². The summed E-state index contributed by atoms with van der Waals surface area (Å²) in [5.74, 6) is 3.04. The van der Waals surface area contributed by atoms with Gasteiger partial charge in [0.2, 0.25) is 11.7 Å². The number of methoxy groups -OCH3 is 3. The van der Waals surface area contributed by atoms with Gasteiger partial charge in [0.25, 0.3) is 0 Å². The zero-order valence-electron chi connectivity index (χ0n) is 20.9. The number of ether oxygens (including phenoxy) is 4. The van der Waals surface area contributed by atoms with Crippen LogP contribution in [0.15, 0.2) is 54.6 Å². The number of rotatable bonds is 10. The third-order valence-corrected chi connectivity index (χ3v) is 6.31. The monoisotopic (exact) mass is 489 g/mol. The second-order valence-corrected chi connectivity index (χ2v) is 8.58. The van der Waals surface area contributed by atoms with Crippen LogP contribution in [0.3, 0.4) is 0 Å². The van der Waals surface area contributed by atoms with E-state index < -0.39 is 0 Å². The third kappa shape index (κ3) is 5.01. The van der Waals surface area contributed by atoms with Crippen molar-refractivity contribution in [1.82, 2.24) is 19.5 Å². The quantitative estimate of drug-likeness (QED) is 0.345. The number of hydrogen-bond donors (Lipinski definition) is 1. The number of hydrogen-bond acceptors (Lipinski definition) is 8. The molecular weight excluding hydrogens is 458 g/mol. The molecule has 4 aromatic rings. The maximum Gasteiger partial charge on any atom is 0.247 e.